The van der Waals surface area contributed by atoms with Crippen molar-refractivity contribution < 1.29 is 22.4 Å². The number of rotatable bonds is 56. The Morgan fingerprint density at radius 3 is 0.148 bits per heavy atom. The fraction of sp³-hybridized carbons (Fsp3) is 1.00. The Labute approximate surface area is 540 Å². The summed E-state index contributed by atoms with van der Waals surface area (Å²) < 4.78 is 0. The van der Waals surface area contributed by atoms with E-state index >= 15 is 0 Å². The van der Waals surface area contributed by atoms with Crippen LogP contribution in [0.25, 0.3) is 0 Å². The Kier molecular flexibility index (Phi) is 152. The minimum atomic E-state index is 0. The zero-order valence-electron chi connectivity index (χ0n) is 61.6. The van der Waals surface area contributed by atoms with E-state index in [4.69, 9.17) is 0 Å². The summed E-state index contributed by atoms with van der Waals surface area (Å²) in [5.74, 6) is 0. The van der Waals surface area contributed by atoms with Gasteiger partial charge in [-0.15, -0.1) is 0 Å². The second-order valence-corrected chi connectivity index (χ2v) is 25.0. The Morgan fingerprint density at radius 1 is 0.0741 bits per heavy atom. The maximum Gasteiger partial charge on any atom is 0 e. The molecule has 81 heavy (non-hydrogen) atoms. The van der Waals surface area contributed by atoms with Gasteiger partial charge in [-0.25, -0.2) is 0 Å². The summed E-state index contributed by atoms with van der Waals surface area (Å²) >= 11 is 0. The van der Waals surface area contributed by atoms with Crippen molar-refractivity contribution in [2.24, 2.45) is 0 Å². The predicted octanol–water partition coefficient (Wildman–Crippen LogP) is 33.2. The van der Waals surface area contributed by atoms with E-state index in [1.54, 1.807) is 0 Å². The van der Waals surface area contributed by atoms with Crippen LogP contribution >= 0.6 is 0 Å². The van der Waals surface area contributed by atoms with Crippen LogP contribution in [0.15, 0.2) is 0 Å². The van der Waals surface area contributed by atoms with E-state index in [2.05, 4.69) is 111 Å². The van der Waals surface area contributed by atoms with E-state index in [-0.39, 0.29) is 22.4 Å². The molecule has 0 spiro atoms. The SMILES string of the molecule is CCCCCCCCCC.CCCCCCCCCC.CCCCCCCCCC.CCCCCCCCCC.CCCCCCCCCC.CCCCCCCCCC.CCCCCCCCCC.CCCCCCCCCC.[Ag]. The van der Waals surface area contributed by atoms with E-state index in [0.717, 1.165) is 0 Å². The first-order chi connectivity index (χ1) is 39.3. The summed E-state index contributed by atoms with van der Waals surface area (Å²) in [5, 5.41) is 0. The van der Waals surface area contributed by atoms with E-state index in [1.807, 2.05) is 0 Å². The molecule has 0 heterocycles. The molecule has 0 aliphatic rings. The van der Waals surface area contributed by atoms with Crippen molar-refractivity contribution in [2.45, 2.75) is 522 Å². The largest absolute Gasteiger partial charge is 0.0654 e. The average Bonchev–Trinajstić information content (AvgIpc) is 3.47. The third kappa shape index (κ3) is 155. The maximum atomic E-state index is 2.27. The standard InChI is InChI=1S/8C10H22.Ag/c8*1-3-5-7-9-10-8-6-4-2;/h8*3-10H2,1-2H3;. The molecule has 0 unspecified atom stereocenters. The second kappa shape index (κ2) is 122. The van der Waals surface area contributed by atoms with Crippen molar-refractivity contribution in [1.29, 1.82) is 0 Å². The van der Waals surface area contributed by atoms with Crippen LogP contribution in [-0.4, -0.2) is 0 Å². The van der Waals surface area contributed by atoms with Gasteiger partial charge in [0, 0.05) is 22.4 Å². The van der Waals surface area contributed by atoms with Crippen molar-refractivity contribution in [3.8, 4) is 0 Å². The zero-order chi connectivity index (χ0) is 61.3. The first-order valence-electron chi connectivity index (χ1n) is 39.3. The Hall–Kier alpha value is 0.740. The fourth-order valence-electron chi connectivity index (χ4n) is 9.66. The van der Waals surface area contributed by atoms with Crippen molar-refractivity contribution in [2.75, 3.05) is 0 Å². The Morgan fingerprint density at radius 2 is 0.111 bits per heavy atom. The van der Waals surface area contributed by atoms with Crippen molar-refractivity contribution in [3.63, 3.8) is 0 Å². The normalized spacial score (nSPS) is 10.1. The first-order valence-corrected chi connectivity index (χ1v) is 39.3. The molecule has 0 aliphatic heterocycles. The Bertz CT molecular complexity index is 520. The van der Waals surface area contributed by atoms with Crippen molar-refractivity contribution in [1.82, 2.24) is 0 Å². The van der Waals surface area contributed by atoms with Gasteiger partial charge in [-0.3, -0.25) is 0 Å². The summed E-state index contributed by atoms with van der Waals surface area (Å²) in [6.07, 6.45) is 91.7. The van der Waals surface area contributed by atoms with Crippen LogP contribution in [0.2, 0.25) is 0 Å². The molecule has 1 heteroatoms. The first kappa shape index (κ1) is 101. The molecule has 0 saturated carbocycles. The molecule has 507 valence electrons. The maximum absolute atomic E-state index is 2.27. The zero-order valence-corrected chi connectivity index (χ0v) is 63.0. The molecule has 0 aliphatic carbocycles. The van der Waals surface area contributed by atoms with Crippen molar-refractivity contribution in [3.05, 3.63) is 0 Å². The minimum Gasteiger partial charge on any atom is -0.0654 e. The molecule has 0 atom stereocenters. The third-order valence-electron chi connectivity index (χ3n) is 15.7. The van der Waals surface area contributed by atoms with Crippen LogP contribution in [0.5, 0.6) is 0 Å². The van der Waals surface area contributed by atoms with Gasteiger partial charge in [0.15, 0.2) is 0 Å². The van der Waals surface area contributed by atoms with Gasteiger partial charge < -0.3 is 0 Å². The number of hydrogen-bond donors (Lipinski definition) is 0. The van der Waals surface area contributed by atoms with E-state index < -0.39 is 0 Å². The van der Waals surface area contributed by atoms with Crippen LogP contribution in [0.1, 0.15) is 522 Å². The van der Waals surface area contributed by atoms with Gasteiger partial charge >= 0.3 is 0 Å². The van der Waals surface area contributed by atoms with Crippen LogP contribution in [-0.2, 0) is 22.4 Å². The molecule has 0 saturated heterocycles. The average molecular weight is 1250 g/mol. The van der Waals surface area contributed by atoms with Gasteiger partial charge in [0.1, 0.15) is 0 Å². The number of hydrogen-bond acceptors (Lipinski definition) is 0. The molecule has 0 fully saturated rings. The molecule has 0 amide bonds. The molecule has 1 radical (unpaired) electrons. The van der Waals surface area contributed by atoms with Gasteiger partial charge in [0.25, 0.3) is 0 Å². The van der Waals surface area contributed by atoms with Gasteiger partial charge in [0.05, 0.1) is 0 Å². The topological polar surface area (TPSA) is 0 Å². The predicted molar refractivity (Wildman–Crippen MR) is 386 cm³/mol. The summed E-state index contributed by atoms with van der Waals surface area (Å²) in [6, 6.07) is 0. The molecule has 0 aromatic heterocycles. The van der Waals surface area contributed by atoms with Crippen LogP contribution in [0.4, 0.5) is 0 Å². The molecule has 0 rings (SSSR count). The Balaban J connectivity index is -0.000000104. The monoisotopic (exact) mass is 1240 g/mol. The van der Waals surface area contributed by atoms with Gasteiger partial charge in [-0.1, -0.05) is 522 Å². The molecule has 0 aromatic carbocycles. The van der Waals surface area contributed by atoms with Gasteiger partial charge in [-0.05, 0) is 0 Å². The molecule has 0 aromatic rings. The molecule has 0 N–H and O–H groups in total. The van der Waals surface area contributed by atoms with Crippen LogP contribution in [0, 0.1) is 0 Å². The van der Waals surface area contributed by atoms with Gasteiger partial charge in [-0.2, -0.15) is 0 Å². The van der Waals surface area contributed by atoms with Gasteiger partial charge in [0.2, 0.25) is 0 Å². The van der Waals surface area contributed by atoms with E-state index in [0.29, 0.717) is 0 Å². The molecular formula is C80H176Ag. The second-order valence-electron chi connectivity index (χ2n) is 25.0. The van der Waals surface area contributed by atoms with Crippen LogP contribution in [0.3, 0.4) is 0 Å². The molecule has 0 nitrogen and oxygen atoms in total. The summed E-state index contributed by atoms with van der Waals surface area (Å²) in [7, 11) is 0. The minimum absolute atomic E-state index is 0. The summed E-state index contributed by atoms with van der Waals surface area (Å²) in [4.78, 5) is 0. The fourth-order valence-corrected chi connectivity index (χ4v) is 9.66. The molecular weight excluding hydrogens is 1070 g/mol. The third-order valence-corrected chi connectivity index (χ3v) is 15.7. The quantitative estimate of drug-likeness (QED) is 0.0421. The number of unbranched alkanes of at least 4 members (excludes halogenated alkanes) is 56. The van der Waals surface area contributed by atoms with E-state index in [1.165, 1.54) is 411 Å². The smallest absolute Gasteiger partial charge is 0 e. The summed E-state index contributed by atoms with van der Waals surface area (Å²) in [5.41, 5.74) is 0. The summed E-state index contributed by atoms with van der Waals surface area (Å²) in [6.45, 7) is 36.3. The van der Waals surface area contributed by atoms with E-state index in [9.17, 15) is 0 Å². The van der Waals surface area contributed by atoms with Crippen LogP contribution < -0.4 is 0 Å². The molecule has 0 bridgehead atoms. The van der Waals surface area contributed by atoms with Crippen molar-refractivity contribution >= 4 is 0 Å².